The molecule has 0 atom stereocenters. The Kier molecular flexibility index (Phi) is 3.40. The van der Waals surface area contributed by atoms with Gasteiger partial charge in [0.2, 0.25) is 0 Å². The zero-order valence-corrected chi connectivity index (χ0v) is 10.7. The molecule has 0 bridgehead atoms. The fourth-order valence-electron chi connectivity index (χ4n) is 1.78. The van der Waals surface area contributed by atoms with Crippen LogP contribution in [0.4, 0.5) is 13.2 Å². The Balaban J connectivity index is 2.53. The fourth-order valence-corrected chi connectivity index (χ4v) is 1.78. The van der Waals surface area contributed by atoms with E-state index >= 15 is 0 Å². The average molecular weight is 281 g/mol. The van der Waals surface area contributed by atoms with Gasteiger partial charge in [-0.3, -0.25) is 0 Å². The number of nitriles is 1. The first-order chi connectivity index (χ1) is 9.36. The number of alkyl halides is 3. The van der Waals surface area contributed by atoms with E-state index in [-0.39, 0.29) is 5.75 Å². The first-order valence-corrected chi connectivity index (χ1v) is 5.59. The normalized spacial score (nSPS) is 11.2. The van der Waals surface area contributed by atoms with Crippen LogP contribution in [0.2, 0.25) is 0 Å². The Morgan fingerprint density at radius 3 is 2.50 bits per heavy atom. The van der Waals surface area contributed by atoms with Crippen molar-refractivity contribution < 1.29 is 17.9 Å². The Morgan fingerprint density at radius 1 is 1.30 bits per heavy atom. The number of halogens is 3. The Bertz CT molecular complexity index is 683. The molecule has 0 saturated carbocycles. The summed E-state index contributed by atoms with van der Waals surface area (Å²) < 4.78 is 44.0. The van der Waals surface area contributed by atoms with Crippen LogP contribution in [0.15, 0.2) is 24.3 Å². The van der Waals surface area contributed by atoms with Gasteiger partial charge in [0, 0.05) is 11.8 Å². The van der Waals surface area contributed by atoms with Crippen molar-refractivity contribution in [1.29, 1.82) is 5.26 Å². The lowest BCUT2D eigenvalue weighted by atomic mass is 10.2. The molecule has 1 aromatic carbocycles. The number of rotatable bonds is 2. The zero-order chi connectivity index (χ0) is 14.9. The largest absolute Gasteiger partial charge is 0.495 e. The molecule has 104 valence electrons. The van der Waals surface area contributed by atoms with Crippen LogP contribution in [0.5, 0.6) is 5.75 Å². The molecule has 7 heteroatoms. The van der Waals surface area contributed by atoms with E-state index < -0.39 is 11.9 Å². The summed E-state index contributed by atoms with van der Waals surface area (Å²) in [5.41, 5.74) is 0.0772. The number of hydrogen-bond donors (Lipinski definition) is 0. The Hall–Kier alpha value is -2.49. The second kappa shape index (κ2) is 4.89. The minimum atomic E-state index is -4.49. The maximum Gasteiger partial charge on any atom is 0.435 e. The first-order valence-electron chi connectivity index (χ1n) is 5.59. The molecule has 0 saturated heterocycles. The predicted molar refractivity (Wildman–Crippen MR) is 64.6 cm³/mol. The summed E-state index contributed by atoms with van der Waals surface area (Å²) in [6.07, 6.45) is -4.49. The summed E-state index contributed by atoms with van der Waals surface area (Å²) in [5.74, 6) is 0.286. The third-order valence-electron chi connectivity index (χ3n) is 2.73. The Labute approximate surface area is 113 Å². The number of ether oxygens (including phenoxy) is 1. The van der Waals surface area contributed by atoms with Crippen LogP contribution in [0.1, 0.15) is 17.0 Å². The summed E-state index contributed by atoms with van der Waals surface area (Å²) in [6.45, 7) is 1.52. The molecule has 0 unspecified atom stereocenters. The molecule has 0 N–H and O–H groups in total. The summed E-state index contributed by atoms with van der Waals surface area (Å²) in [6, 6.07) is 7.36. The topological polar surface area (TPSA) is 50.8 Å². The molecule has 0 radical (unpaired) electrons. The zero-order valence-electron chi connectivity index (χ0n) is 10.7. The number of methoxy groups -OCH3 is 1. The van der Waals surface area contributed by atoms with E-state index in [2.05, 4.69) is 5.10 Å². The molecule has 4 nitrogen and oxygen atoms in total. The van der Waals surface area contributed by atoms with Crippen molar-refractivity contribution in [2.24, 2.45) is 0 Å². The van der Waals surface area contributed by atoms with Gasteiger partial charge in [-0.2, -0.15) is 23.5 Å². The van der Waals surface area contributed by atoms with Gasteiger partial charge >= 0.3 is 6.18 Å². The highest BCUT2D eigenvalue weighted by molar-refractivity contribution is 5.50. The van der Waals surface area contributed by atoms with Crippen LogP contribution < -0.4 is 4.74 Å². The fraction of sp³-hybridized carbons (Fsp3) is 0.231. The number of hydrogen-bond acceptors (Lipinski definition) is 3. The quantitative estimate of drug-likeness (QED) is 0.850. The lowest BCUT2D eigenvalue weighted by Crippen LogP contribution is -2.07. The SMILES string of the molecule is COc1cc(-n2nc(C(F)(F)F)cc2C)ccc1C#N. The monoisotopic (exact) mass is 281 g/mol. The Morgan fingerprint density at radius 2 is 2.00 bits per heavy atom. The number of benzene rings is 1. The van der Waals surface area contributed by atoms with E-state index in [4.69, 9.17) is 10.00 Å². The summed E-state index contributed by atoms with van der Waals surface area (Å²) in [7, 11) is 1.39. The van der Waals surface area contributed by atoms with E-state index in [1.165, 1.54) is 32.2 Å². The van der Waals surface area contributed by atoms with Crippen LogP contribution in [-0.2, 0) is 6.18 Å². The number of nitrogens with zero attached hydrogens (tertiary/aromatic N) is 3. The maximum absolute atomic E-state index is 12.6. The van der Waals surface area contributed by atoms with Gasteiger partial charge in [0.05, 0.1) is 18.4 Å². The third-order valence-corrected chi connectivity index (χ3v) is 2.73. The van der Waals surface area contributed by atoms with Gasteiger partial charge in [0.25, 0.3) is 0 Å². The van der Waals surface area contributed by atoms with E-state index in [0.717, 1.165) is 10.7 Å². The molecule has 0 spiro atoms. The molecule has 0 aliphatic heterocycles. The van der Waals surface area contributed by atoms with Crippen LogP contribution in [-0.4, -0.2) is 16.9 Å². The van der Waals surface area contributed by atoms with Gasteiger partial charge in [-0.25, -0.2) is 4.68 Å². The standard InChI is InChI=1S/C13H10F3N3O/c1-8-5-12(13(14,15)16)18-19(8)10-4-3-9(7-17)11(6-10)20-2/h3-6H,1-2H3. The lowest BCUT2D eigenvalue weighted by Gasteiger charge is -2.08. The van der Waals surface area contributed by atoms with Gasteiger partial charge in [-0.15, -0.1) is 0 Å². The second-order valence-electron chi connectivity index (χ2n) is 4.08. The highest BCUT2D eigenvalue weighted by Gasteiger charge is 2.34. The van der Waals surface area contributed by atoms with Crippen molar-refractivity contribution in [3.63, 3.8) is 0 Å². The second-order valence-corrected chi connectivity index (χ2v) is 4.08. The van der Waals surface area contributed by atoms with Gasteiger partial charge < -0.3 is 4.74 Å². The number of aryl methyl sites for hydroxylation is 1. The predicted octanol–water partition coefficient (Wildman–Crippen LogP) is 3.08. The van der Waals surface area contributed by atoms with E-state index in [1.807, 2.05) is 6.07 Å². The van der Waals surface area contributed by atoms with Crippen LogP contribution in [0.25, 0.3) is 5.69 Å². The molecule has 0 fully saturated rings. The first kappa shape index (κ1) is 13.9. The van der Waals surface area contributed by atoms with Gasteiger partial charge in [-0.05, 0) is 25.1 Å². The highest BCUT2D eigenvalue weighted by Crippen LogP contribution is 2.30. The molecule has 2 aromatic rings. The van der Waals surface area contributed by atoms with Crippen molar-refractivity contribution in [1.82, 2.24) is 9.78 Å². The van der Waals surface area contributed by atoms with Crippen LogP contribution in [0.3, 0.4) is 0 Å². The molecule has 2 rings (SSSR count). The smallest absolute Gasteiger partial charge is 0.435 e. The third kappa shape index (κ3) is 2.45. The summed E-state index contributed by atoms with van der Waals surface area (Å²) in [5, 5.41) is 12.4. The molecule has 0 aliphatic rings. The van der Waals surface area contributed by atoms with Crippen molar-refractivity contribution in [3.8, 4) is 17.5 Å². The summed E-state index contributed by atoms with van der Waals surface area (Å²) in [4.78, 5) is 0. The molecule has 0 aliphatic carbocycles. The molecular weight excluding hydrogens is 271 g/mol. The van der Waals surface area contributed by atoms with Gasteiger partial charge in [0.15, 0.2) is 5.69 Å². The van der Waals surface area contributed by atoms with Crippen LogP contribution in [0, 0.1) is 18.3 Å². The van der Waals surface area contributed by atoms with Crippen LogP contribution >= 0.6 is 0 Å². The summed E-state index contributed by atoms with van der Waals surface area (Å²) >= 11 is 0. The van der Waals surface area contributed by atoms with Crippen molar-refractivity contribution in [2.75, 3.05) is 7.11 Å². The molecule has 1 aromatic heterocycles. The van der Waals surface area contributed by atoms with E-state index in [1.54, 1.807) is 0 Å². The lowest BCUT2D eigenvalue weighted by molar-refractivity contribution is -0.141. The number of aromatic nitrogens is 2. The van der Waals surface area contributed by atoms with Gasteiger partial charge in [0.1, 0.15) is 11.8 Å². The average Bonchev–Trinajstić information content (AvgIpc) is 2.80. The molecular formula is C13H10F3N3O. The van der Waals surface area contributed by atoms with Crippen molar-refractivity contribution in [2.45, 2.75) is 13.1 Å². The van der Waals surface area contributed by atoms with Gasteiger partial charge in [-0.1, -0.05) is 0 Å². The minimum Gasteiger partial charge on any atom is -0.495 e. The minimum absolute atomic E-state index is 0.286. The highest BCUT2D eigenvalue weighted by atomic mass is 19.4. The van der Waals surface area contributed by atoms with E-state index in [9.17, 15) is 13.2 Å². The molecule has 0 amide bonds. The molecule has 20 heavy (non-hydrogen) atoms. The maximum atomic E-state index is 12.6. The molecule has 1 heterocycles. The van der Waals surface area contributed by atoms with E-state index in [0.29, 0.717) is 16.9 Å². The van der Waals surface area contributed by atoms with Crippen molar-refractivity contribution >= 4 is 0 Å². The van der Waals surface area contributed by atoms with Crippen molar-refractivity contribution in [3.05, 3.63) is 41.2 Å².